The van der Waals surface area contributed by atoms with Crippen molar-refractivity contribution < 1.29 is 14.3 Å². The van der Waals surface area contributed by atoms with Crippen LogP contribution in [0.3, 0.4) is 0 Å². The third-order valence-electron chi connectivity index (χ3n) is 4.58. The molecule has 0 radical (unpaired) electrons. The van der Waals surface area contributed by atoms with Gasteiger partial charge in [0.1, 0.15) is 11.8 Å². The Kier molecular flexibility index (Phi) is 6.99. The number of nitrogens with one attached hydrogen (secondary N) is 1. The van der Waals surface area contributed by atoms with E-state index in [4.69, 9.17) is 4.74 Å². The number of aryl methyl sites for hydroxylation is 3. The number of benzene rings is 2. The van der Waals surface area contributed by atoms with Gasteiger partial charge in [0.2, 0.25) is 5.91 Å². The van der Waals surface area contributed by atoms with Crippen LogP contribution in [0, 0.1) is 20.8 Å². The number of hydrogen-bond acceptors (Lipinski definition) is 3. The molecule has 27 heavy (non-hydrogen) atoms. The van der Waals surface area contributed by atoms with Crippen LogP contribution in [0.4, 0.5) is 0 Å². The molecule has 0 fully saturated rings. The van der Waals surface area contributed by atoms with Crippen molar-refractivity contribution in [3.63, 3.8) is 0 Å². The van der Waals surface area contributed by atoms with Gasteiger partial charge in [-0.15, -0.1) is 0 Å². The molecular formula is C22H28N2O3. The molecule has 144 valence electrons. The molecule has 5 nitrogen and oxygen atoms in total. The Morgan fingerprint density at radius 1 is 1.04 bits per heavy atom. The minimum absolute atomic E-state index is 0.114. The molecular weight excluding hydrogens is 340 g/mol. The van der Waals surface area contributed by atoms with Crippen molar-refractivity contribution in [2.24, 2.45) is 0 Å². The van der Waals surface area contributed by atoms with Crippen LogP contribution in [-0.2, 0) is 16.1 Å². The molecule has 2 aromatic carbocycles. The maximum Gasteiger partial charge on any atom is 0.261 e. The Balaban J connectivity index is 2.15. The molecule has 2 amide bonds. The third-order valence-corrected chi connectivity index (χ3v) is 4.58. The smallest absolute Gasteiger partial charge is 0.261 e. The van der Waals surface area contributed by atoms with Crippen LogP contribution in [0.25, 0.3) is 0 Å². The van der Waals surface area contributed by atoms with Crippen molar-refractivity contribution >= 4 is 11.8 Å². The maximum absolute atomic E-state index is 12.9. The molecule has 0 saturated heterocycles. The number of nitrogens with zero attached hydrogens (tertiary/aromatic N) is 1. The number of carbonyl (C=O) groups is 2. The Morgan fingerprint density at radius 2 is 1.67 bits per heavy atom. The van der Waals surface area contributed by atoms with Crippen LogP contribution in [0.5, 0.6) is 5.75 Å². The second-order valence-electron chi connectivity index (χ2n) is 6.86. The highest BCUT2D eigenvalue weighted by Crippen LogP contribution is 2.19. The lowest BCUT2D eigenvalue weighted by molar-refractivity contribution is -0.142. The van der Waals surface area contributed by atoms with E-state index in [1.807, 2.05) is 63.2 Å². The van der Waals surface area contributed by atoms with Crippen molar-refractivity contribution in [1.29, 1.82) is 0 Å². The van der Waals surface area contributed by atoms with Crippen molar-refractivity contribution in [2.75, 3.05) is 13.7 Å². The second kappa shape index (κ2) is 9.21. The summed E-state index contributed by atoms with van der Waals surface area (Å²) in [5.41, 5.74) is 4.15. The van der Waals surface area contributed by atoms with E-state index < -0.39 is 6.04 Å². The van der Waals surface area contributed by atoms with Gasteiger partial charge in [-0.2, -0.15) is 0 Å². The molecule has 2 rings (SSSR count). The zero-order chi connectivity index (χ0) is 20.0. The molecule has 0 aromatic heterocycles. The van der Waals surface area contributed by atoms with Gasteiger partial charge in [-0.25, -0.2) is 0 Å². The predicted octanol–water partition coefficient (Wildman–Crippen LogP) is 3.15. The molecule has 1 atom stereocenters. The minimum Gasteiger partial charge on any atom is -0.483 e. The first-order valence-corrected chi connectivity index (χ1v) is 9.08. The normalized spacial score (nSPS) is 11.6. The van der Waals surface area contributed by atoms with E-state index in [-0.39, 0.29) is 18.4 Å². The first-order chi connectivity index (χ1) is 12.8. The lowest BCUT2D eigenvalue weighted by Gasteiger charge is -2.28. The summed E-state index contributed by atoms with van der Waals surface area (Å²) in [5.74, 6) is 0.251. The highest BCUT2D eigenvalue weighted by Gasteiger charge is 2.26. The number of hydrogen-bond donors (Lipinski definition) is 1. The highest BCUT2D eigenvalue weighted by atomic mass is 16.5. The van der Waals surface area contributed by atoms with E-state index in [0.717, 1.165) is 22.3 Å². The number of amides is 2. The predicted molar refractivity (Wildman–Crippen MR) is 107 cm³/mol. The monoisotopic (exact) mass is 368 g/mol. The van der Waals surface area contributed by atoms with Gasteiger partial charge >= 0.3 is 0 Å². The Morgan fingerprint density at radius 3 is 2.30 bits per heavy atom. The molecule has 0 heterocycles. The summed E-state index contributed by atoms with van der Waals surface area (Å²) in [4.78, 5) is 26.5. The van der Waals surface area contributed by atoms with E-state index in [9.17, 15) is 9.59 Å². The fourth-order valence-electron chi connectivity index (χ4n) is 2.77. The summed E-state index contributed by atoms with van der Waals surface area (Å²) in [5, 5.41) is 2.61. The van der Waals surface area contributed by atoms with E-state index >= 15 is 0 Å². The molecule has 0 aliphatic carbocycles. The zero-order valence-corrected chi connectivity index (χ0v) is 16.7. The Labute approximate surface area is 161 Å². The minimum atomic E-state index is -0.592. The largest absolute Gasteiger partial charge is 0.483 e. The molecule has 0 aliphatic rings. The Bertz CT molecular complexity index is 800. The summed E-state index contributed by atoms with van der Waals surface area (Å²) in [7, 11) is 1.57. The first kappa shape index (κ1) is 20.5. The molecule has 5 heteroatoms. The number of ether oxygens (including phenoxy) is 1. The standard InChI is InChI=1S/C22H28N2O3/c1-15-7-10-19(11-8-15)13-24(18(4)22(26)23-5)21(25)14-27-20-12-16(2)6-9-17(20)3/h6-12,18H,13-14H2,1-5H3,(H,23,26)/t18-/m0/s1. The van der Waals surface area contributed by atoms with Crippen molar-refractivity contribution in [3.05, 3.63) is 64.7 Å². The molecule has 0 unspecified atom stereocenters. The summed E-state index contributed by atoms with van der Waals surface area (Å²) < 4.78 is 5.76. The van der Waals surface area contributed by atoms with Gasteiger partial charge in [-0.05, 0) is 50.5 Å². The summed E-state index contributed by atoms with van der Waals surface area (Å²) in [6, 6.07) is 13.2. The van der Waals surface area contributed by atoms with Crippen LogP contribution >= 0.6 is 0 Å². The van der Waals surface area contributed by atoms with Crippen LogP contribution in [0.1, 0.15) is 29.2 Å². The number of likely N-dealkylation sites (N-methyl/N-ethyl adjacent to an activating group) is 1. The van der Waals surface area contributed by atoms with Crippen LogP contribution in [0.15, 0.2) is 42.5 Å². The molecule has 0 bridgehead atoms. The van der Waals surface area contributed by atoms with Crippen LogP contribution in [0.2, 0.25) is 0 Å². The quantitative estimate of drug-likeness (QED) is 0.817. The first-order valence-electron chi connectivity index (χ1n) is 9.08. The van der Waals surface area contributed by atoms with Gasteiger partial charge in [0.25, 0.3) is 5.91 Å². The zero-order valence-electron chi connectivity index (χ0n) is 16.7. The van der Waals surface area contributed by atoms with Crippen molar-refractivity contribution in [1.82, 2.24) is 10.2 Å². The van der Waals surface area contributed by atoms with Crippen LogP contribution in [-0.4, -0.2) is 36.4 Å². The highest BCUT2D eigenvalue weighted by molar-refractivity contribution is 5.87. The van der Waals surface area contributed by atoms with E-state index in [1.165, 1.54) is 0 Å². The van der Waals surface area contributed by atoms with Gasteiger partial charge in [-0.1, -0.05) is 42.0 Å². The number of rotatable bonds is 7. The lowest BCUT2D eigenvalue weighted by atomic mass is 10.1. The molecule has 0 saturated carbocycles. The van der Waals surface area contributed by atoms with Gasteiger partial charge in [0.05, 0.1) is 0 Å². The average Bonchev–Trinajstić information content (AvgIpc) is 2.66. The molecule has 0 spiro atoms. The van der Waals surface area contributed by atoms with Gasteiger partial charge in [-0.3, -0.25) is 9.59 Å². The number of carbonyl (C=O) groups excluding carboxylic acids is 2. The average molecular weight is 368 g/mol. The maximum atomic E-state index is 12.9. The summed E-state index contributed by atoms with van der Waals surface area (Å²) in [6.45, 7) is 7.89. The summed E-state index contributed by atoms with van der Waals surface area (Å²) in [6.07, 6.45) is 0. The molecule has 0 aliphatic heterocycles. The van der Waals surface area contributed by atoms with Gasteiger partial charge < -0.3 is 15.0 Å². The SMILES string of the molecule is CNC(=O)[C@H](C)N(Cc1ccc(C)cc1)C(=O)COc1cc(C)ccc1C. The fourth-order valence-corrected chi connectivity index (χ4v) is 2.77. The summed E-state index contributed by atoms with van der Waals surface area (Å²) >= 11 is 0. The molecule has 1 N–H and O–H groups in total. The van der Waals surface area contributed by atoms with Gasteiger partial charge in [0, 0.05) is 13.6 Å². The topological polar surface area (TPSA) is 58.6 Å². The second-order valence-corrected chi connectivity index (χ2v) is 6.86. The lowest BCUT2D eigenvalue weighted by Crippen LogP contribution is -2.48. The van der Waals surface area contributed by atoms with Crippen LogP contribution < -0.4 is 10.1 Å². The van der Waals surface area contributed by atoms with E-state index in [2.05, 4.69) is 5.32 Å². The van der Waals surface area contributed by atoms with Gasteiger partial charge in [0.15, 0.2) is 6.61 Å². The van der Waals surface area contributed by atoms with E-state index in [0.29, 0.717) is 12.3 Å². The Hall–Kier alpha value is -2.82. The fraction of sp³-hybridized carbons (Fsp3) is 0.364. The molecule has 2 aromatic rings. The van der Waals surface area contributed by atoms with Crippen molar-refractivity contribution in [3.8, 4) is 5.75 Å². The van der Waals surface area contributed by atoms with Crippen molar-refractivity contribution in [2.45, 2.75) is 40.3 Å². The third kappa shape index (κ3) is 5.58. The van der Waals surface area contributed by atoms with E-state index in [1.54, 1.807) is 18.9 Å².